The number of piperazine rings is 1. The zero-order valence-electron chi connectivity index (χ0n) is 26.0. The third kappa shape index (κ3) is 9.48. The molecule has 1 saturated heterocycles. The van der Waals surface area contributed by atoms with Gasteiger partial charge in [0.05, 0.1) is 11.0 Å². The largest absolute Gasteiger partial charge is 0.384 e. The summed E-state index contributed by atoms with van der Waals surface area (Å²) in [5, 5.41) is 9.63. The number of fused-ring (bicyclic) bond motifs is 1. The second kappa shape index (κ2) is 16.9. The van der Waals surface area contributed by atoms with E-state index in [1.807, 2.05) is 72.6 Å². The van der Waals surface area contributed by atoms with Gasteiger partial charge in [-0.25, -0.2) is 9.99 Å². The van der Waals surface area contributed by atoms with Crippen molar-refractivity contribution in [3.05, 3.63) is 107 Å². The Kier molecular flexibility index (Phi) is 12.7. The number of hydrogen-bond acceptors (Lipinski definition) is 6. The van der Waals surface area contributed by atoms with Crippen LogP contribution in [0.15, 0.2) is 78.9 Å². The first-order chi connectivity index (χ1) is 21.5. The zero-order chi connectivity index (χ0) is 30.7. The summed E-state index contributed by atoms with van der Waals surface area (Å²) in [6, 6.07) is 23.9. The van der Waals surface area contributed by atoms with Gasteiger partial charge in [0, 0.05) is 70.0 Å². The Morgan fingerprint density at radius 2 is 1.73 bits per heavy atom. The summed E-state index contributed by atoms with van der Waals surface area (Å²) in [6.45, 7) is 8.44. The van der Waals surface area contributed by atoms with Crippen LogP contribution in [-0.4, -0.2) is 77.1 Å². The third-order valence-electron chi connectivity index (χ3n) is 7.97. The van der Waals surface area contributed by atoms with Crippen molar-refractivity contribution in [2.45, 2.75) is 32.7 Å². The van der Waals surface area contributed by atoms with Gasteiger partial charge < -0.3 is 15.0 Å². The highest BCUT2D eigenvalue weighted by Crippen LogP contribution is 2.21. The Balaban J connectivity index is 0.00000461. The number of nitrogen functional groups attached to an aromatic ring is 1. The normalized spacial score (nSPS) is 14.1. The highest BCUT2D eigenvalue weighted by molar-refractivity contribution is 5.97. The second-order valence-corrected chi connectivity index (χ2v) is 11.1. The summed E-state index contributed by atoms with van der Waals surface area (Å²) in [5.74, 6) is 0.950. The zero-order valence-corrected chi connectivity index (χ0v) is 26.8. The van der Waals surface area contributed by atoms with Gasteiger partial charge in [-0.2, -0.15) is 0 Å². The van der Waals surface area contributed by atoms with E-state index in [2.05, 4.69) is 39.2 Å². The number of nitrogens with one attached hydrogen (secondary N) is 2. The molecule has 0 unspecified atom stereocenters. The van der Waals surface area contributed by atoms with Gasteiger partial charge in [0.2, 0.25) is 0 Å². The lowest BCUT2D eigenvalue weighted by molar-refractivity contribution is 0.0641. The van der Waals surface area contributed by atoms with E-state index in [0.717, 1.165) is 86.5 Å². The molecule has 9 nitrogen and oxygen atoms in total. The van der Waals surface area contributed by atoms with Crippen molar-refractivity contribution < 1.29 is 9.53 Å². The maximum absolute atomic E-state index is 13.2. The lowest BCUT2D eigenvalue weighted by Crippen LogP contribution is -2.53. The number of amidine groups is 1. The Morgan fingerprint density at radius 3 is 2.44 bits per heavy atom. The summed E-state index contributed by atoms with van der Waals surface area (Å²) < 4.78 is 7.84. The number of nitrogens with two attached hydrogens (primary N) is 1. The molecular formula is C35H44ClN7O2. The van der Waals surface area contributed by atoms with Crippen molar-refractivity contribution in [1.29, 1.82) is 5.41 Å². The molecule has 1 amide bonds. The number of benzene rings is 3. The molecule has 0 atom stereocenters. The molecule has 238 valence electrons. The topological polar surface area (TPSA) is 112 Å². The number of nitrogens with zero attached hydrogens (tertiary/aromatic N) is 4. The van der Waals surface area contributed by atoms with Gasteiger partial charge in [0.1, 0.15) is 11.7 Å². The van der Waals surface area contributed by atoms with Crippen LogP contribution < -0.4 is 11.2 Å². The molecule has 5 rings (SSSR count). The summed E-state index contributed by atoms with van der Waals surface area (Å²) in [4.78, 5) is 20.6. The molecule has 0 saturated carbocycles. The molecule has 1 aliphatic heterocycles. The Labute approximate surface area is 272 Å². The Hall–Kier alpha value is -4.02. The third-order valence-corrected chi connectivity index (χ3v) is 7.97. The summed E-state index contributed by atoms with van der Waals surface area (Å²) >= 11 is 0. The molecule has 0 aliphatic carbocycles. The number of rotatable bonds is 14. The predicted molar refractivity (Wildman–Crippen MR) is 184 cm³/mol. The average molecular weight is 630 g/mol. The number of aryl methyl sites for hydroxylation is 3. The quantitative estimate of drug-likeness (QED) is 0.104. The minimum Gasteiger partial charge on any atom is -0.384 e. The van der Waals surface area contributed by atoms with Gasteiger partial charge in [-0.1, -0.05) is 66.7 Å². The summed E-state index contributed by atoms with van der Waals surface area (Å²) in [6.07, 6.45) is 6.81. The van der Waals surface area contributed by atoms with E-state index in [-0.39, 0.29) is 24.1 Å². The number of carbonyl (C=O) groups is 1. The van der Waals surface area contributed by atoms with Crippen LogP contribution in [0.3, 0.4) is 0 Å². The van der Waals surface area contributed by atoms with Crippen LogP contribution in [0.4, 0.5) is 0 Å². The summed E-state index contributed by atoms with van der Waals surface area (Å²) in [7, 11) is 0. The van der Waals surface area contributed by atoms with Crippen LogP contribution in [-0.2, 0) is 24.1 Å². The van der Waals surface area contributed by atoms with E-state index in [1.165, 1.54) is 5.56 Å². The Morgan fingerprint density at radius 1 is 1.00 bits per heavy atom. The first-order valence-corrected chi connectivity index (χ1v) is 15.5. The van der Waals surface area contributed by atoms with Crippen molar-refractivity contribution in [3.8, 4) is 0 Å². The maximum Gasteiger partial charge on any atom is 0.265 e. The van der Waals surface area contributed by atoms with E-state index >= 15 is 0 Å². The highest BCUT2D eigenvalue weighted by Gasteiger charge is 2.19. The molecule has 1 aromatic heterocycles. The van der Waals surface area contributed by atoms with Gasteiger partial charge in [-0.15, -0.1) is 12.4 Å². The van der Waals surface area contributed by atoms with Crippen LogP contribution in [0.2, 0.25) is 0 Å². The fourth-order valence-electron chi connectivity index (χ4n) is 5.49. The maximum atomic E-state index is 13.2. The lowest BCUT2D eigenvalue weighted by atomic mass is 10.1. The number of aromatic nitrogens is 2. The van der Waals surface area contributed by atoms with E-state index < -0.39 is 0 Å². The van der Waals surface area contributed by atoms with Crippen molar-refractivity contribution in [3.63, 3.8) is 0 Å². The second-order valence-electron chi connectivity index (χ2n) is 11.1. The monoisotopic (exact) mass is 629 g/mol. The highest BCUT2D eigenvalue weighted by atomic mass is 35.5. The average Bonchev–Trinajstić information content (AvgIpc) is 3.40. The molecule has 10 heteroatoms. The van der Waals surface area contributed by atoms with E-state index in [1.54, 1.807) is 0 Å². The van der Waals surface area contributed by atoms with Crippen molar-refractivity contribution >= 4 is 41.3 Å². The van der Waals surface area contributed by atoms with Crippen molar-refractivity contribution in [2.75, 3.05) is 45.9 Å². The molecular weight excluding hydrogens is 586 g/mol. The van der Waals surface area contributed by atoms with Crippen LogP contribution in [0.1, 0.15) is 46.2 Å². The fourth-order valence-corrected chi connectivity index (χ4v) is 5.49. The number of halogens is 1. The molecule has 1 fully saturated rings. The molecule has 0 radical (unpaired) electrons. The van der Waals surface area contributed by atoms with Gasteiger partial charge in [0.25, 0.3) is 5.91 Å². The first-order valence-electron chi connectivity index (χ1n) is 15.5. The van der Waals surface area contributed by atoms with Gasteiger partial charge in [0.15, 0.2) is 0 Å². The molecule has 2 heterocycles. The van der Waals surface area contributed by atoms with E-state index in [9.17, 15) is 4.79 Å². The molecule has 45 heavy (non-hydrogen) atoms. The summed E-state index contributed by atoms with van der Waals surface area (Å²) in [5.41, 5.74) is 14.3. The number of hydrazine groups is 1. The number of hydrogen-bond donors (Lipinski definition) is 3. The number of carbonyl (C=O) groups excluding carboxylic acids is 1. The molecule has 4 N–H and O–H groups in total. The number of imidazole rings is 1. The van der Waals surface area contributed by atoms with Crippen LogP contribution in [0, 0.1) is 5.41 Å². The van der Waals surface area contributed by atoms with Crippen LogP contribution in [0.25, 0.3) is 17.1 Å². The minimum absolute atomic E-state index is 0. The standard InChI is InChI=1S/C35H43N7O2.ClH/c1-2-44-25-7-20-42-32-17-16-30(26-31(32)38-33(42)18-13-28-11-14-29(15-12-28)34(36)37)35(43)39-41-23-21-40(22-24-41)19-6-10-27-8-4-3-5-9-27;/h3-6,8-12,14-17,26H,2,7,13,18-25H2,1H3,(H3,36,37)(H,39,43);1H. The smallest absolute Gasteiger partial charge is 0.265 e. The van der Waals surface area contributed by atoms with Gasteiger partial charge >= 0.3 is 0 Å². The minimum atomic E-state index is -0.109. The molecule has 1 aliphatic rings. The van der Waals surface area contributed by atoms with Crippen LogP contribution >= 0.6 is 12.4 Å². The lowest BCUT2D eigenvalue weighted by Gasteiger charge is -2.34. The van der Waals surface area contributed by atoms with Gasteiger partial charge in [-0.3, -0.25) is 20.5 Å². The molecule has 0 bridgehead atoms. The fraction of sp³-hybridized carbons (Fsp3) is 0.343. The molecule has 0 spiro atoms. The first kappa shape index (κ1) is 33.9. The number of ether oxygens (including phenoxy) is 1. The molecule has 3 aromatic carbocycles. The van der Waals surface area contributed by atoms with E-state index in [0.29, 0.717) is 18.8 Å². The van der Waals surface area contributed by atoms with E-state index in [4.69, 9.17) is 20.9 Å². The number of amides is 1. The Bertz CT molecular complexity index is 1560. The van der Waals surface area contributed by atoms with Crippen molar-refractivity contribution in [2.24, 2.45) is 5.73 Å². The van der Waals surface area contributed by atoms with Crippen molar-refractivity contribution in [1.82, 2.24) is 24.9 Å². The van der Waals surface area contributed by atoms with Crippen LogP contribution in [0.5, 0.6) is 0 Å². The predicted octanol–water partition coefficient (Wildman–Crippen LogP) is 4.93. The molecule has 4 aromatic rings. The SMILES string of the molecule is CCOCCCn1c(CCc2ccc(C(=N)N)cc2)nc2cc(C(=O)NN3CCN(CC=Cc4ccccc4)CC3)ccc21.Cl. The van der Waals surface area contributed by atoms with Gasteiger partial charge in [-0.05, 0) is 49.1 Å².